The zero-order chi connectivity index (χ0) is 13.4. The summed E-state index contributed by atoms with van der Waals surface area (Å²) in [5.74, 6) is 0.697. The third-order valence-corrected chi connectivity index (χ3v) is 2.44. The quantitative estimate of drug-likeness (QED) is 0.359. The number of amides is 1. The Morgan fingerprint density at radius 3 is 2.61 bits per heavy atom. The summed E-state index contributed by atoms with van der Waals surface area (Å²) in [5, 5.41) is 13.0. The average molecular weight is 270 g/mol. The van der Waals surface area contributed by atoms with Crippen molar-refractivity contribution in [2.24, 2.45) is 0 Å². The lowest BCUT2D eigenvalue weighted by molar-refractivity contribution is -0.384. The van der Waals surface area contributed by atoms with Crippen LogP contribution in [0.1, 0.15) is 12.0 Å². The van der Waals surface area contributed by atoms with Crippen molar-refractivity contribution in [3.05, 3.63) is 39.9 Å². The summed E-state index contributed by atoms with van der Waals surface area (Å²) in [6.45, 7) is 0.604. The summed E-state index contributed by atoms with van der Waals surface area (Å²) < 4.78 is 4.93. The lowest BCUT2D eigenvalue weighted by atomic mass is 10.2. The highest BCUT2D eigenvalue weighted by atomic mass is 32.1. The van der Waals surface area contributed by atoms with E-state index in [1.165, 1.54) is 12.1 Å². The molecule has 0 aromatic heterocycles. The van der Waals surface area contributed by atoms with Gasteiger partial charge in [0.15, 0.2) is 0 Å². The fourth-order valence-corrected chi connectivity index (χ4v) is 1.34. The number of carbonyl (C=O) groups is 1. The number of benzene rings is 1. The highest BCUT2D eigenvalue weighted by Crippen LogP contribution is 2.12. The van der Waals surface area contributed by atoms with Crippen LogP contribution in [0.25, 0.3) is 0 Å². The molecule has 1 aromatic carbocycles. The van der Waals surface area contributed by atoms with Crippen LogP contribution in [0, 0.1) is 10.1 Å². The van der Waals surface area contributed by atoms with Gasteiger partial charge in [0.2, 0.25) is 0 Å². The van der Waals surface area contributed by atoms with Crippen LogP contribution in [0.2, 0.25) is 0 Å². The second-order valence-corrected chi connectivity index (χ2v) is 3.95. The van der Waals surface area contributed by atoms with E-state index in [1.54, 1.807) is 12.1 Å². The molecule has 1 amide bonds. The maximum Gasteiger partial charge on any atom is 0.407 e. The Kier molecular flexibility index (Phi) is 5.99. The minimum atomic E-state index is -0.505. The summed E-state index contributed by atoms with van der Waals surface area (Å²) in [5.41, 5.74) is 0.710. The van der Waals surface area contributed by atoms with Gasteiger partial charge in [-0.15, -0.1) is 0 Å². The SMILES string of the molecule is O=C(NCCCS)OCc1ccc([N+](=O)[O-])cc1. The third-order valence-electron chi connectivity index (χ3n) is 2.12. The first-order chi connectivity index (χ1) is 8.63. The molecule has 0 atom stereocenters. The minimum absolute atomic E-state index is 0.0111. The Hall–Kier alpha value is -1.76. The molecule has 6 nitrogen and oxygen atoms in total. The fraction of sp³-hybridized carbons (Fsp3) is 0.364. The summed E-state index contributed by atoms with van der Waals surface area (Å²) in [6, 6.07) is 5.85. The normalized spacial score (nSPS) is 9.83. The zero-order valence-corrected chi connectivity index (χ0v) is 10.6. The summed E-state index contributed by atoms with van der Waals surface area (Å²) >= 11 is 4.01. The molecule has 1 aromatic rings. The molecule has 7 heteroatoms. The van der Waals surface area contributed by atoms with E-state index < -0.39 is 11.0 Å². The number of hydrogen-bond donors (Lipinski definition) is 2. The lowest BCUT2D eigenvalue weighted by Gasteiger charge is -2.06. The van der Waals surface area contributed by atoms with Crippen LogP contribution in [0.4, 0.5) is 10.5 Å². The highest BCUT2D eigenvalue weighted by molar-refractivity contribution is 7.80. The topological polar surface area (TPSA) is 81.5 Å². The number of rotatable bonds is 6. The van der Waals surface area contributed by atoms with Crippen LogP contribution < -0.4 is 5.32 Å². The predicted octanol–water partition coefficient (Wildman–Crippen LogP) is 2.14. The van der Waals surface area contributed by atoms with E-state index in [2.05, 4.69) is 17.9 Å². The molecule has 0 aliphatic carbocycles. The molecule has 0 saturated carbocycles. The van der Waals surface area contributed by atoms with Gasteiger partial charge in [-0.1, -0.05) is 0 Å². The molecule has 1 rings (SSSR count). The molecule has 0 aliphatic heterocycles. The van der Waals surface area contributed by atoms with Gasteiger partial charge in [-0.25, -0.2) is 4.79 Å². The van der Waals surface area contributed by atoms with Crippen LogP contribution in [0.5, 0.6) is 0 Å². The van der Waals surface area contributed by atoms with Gasteiger partial charge in [-0.3, -0.25) is 10.1 Å². The standard InChI is InChI=1S/C11H14N2O4S/c14-11(12-6-1-7-18)17-8-9-2-4-10(5-3-9)13(15)16/h2-5,18H,1,6-8H2,(H,12,14). The number of nitro groups is 1. The van der Waals surface area contributed by atoms with Gasteiger partial charge >= 0.3 is 6.09 Å². The fourth-order valence-electron chi connectivity index (χ4n) is 1.18. The number of non-ortho nitro benzene ring substituents is 1. The van der Waals surface area contributed by atoms with Gasteiger partial charge < -0.3 is 10.1 Å². The monoisotopic (exact) mass is 270 g/mol. The Morgan fingerprint density at radius 1 is 1.39 bits per heavy atom. The van der Waals surface area contributed by atoms with Crippen molar-refractivity contribution in [2.75, 3.05) is 12.3 Å². The van der Waals surface area contributed by atoms with Crippen LogP contribution in [-0.4, -0.2) is 23.3 Å². The van der Waals surface area contributed by atoms with Crippen LogP contribution in [0.3, 0.4) is 0 Å². The van der Waals surface area contributed by atoms with Crippen molar-refractivity contribution in [3.8, 4) is 0 Å². The molecule has 0 saturated heterocycles. The smallest absolute Gasteiger partial charge is 0.407 e. The molecule has 0 fully saturated rings. The second-order valence-electron chi connectivity index (χ2n) is 3.50. The molecular formula is C11H14N2O4S. The van der Waals surface area contributed by atoms with E-state index in [0.717, 1.165) is 6.42 Å². The second kappa shape index (κ2) is 7.54. The van der Waals surface area contributed by atoms with E-state index in [1.807, 2.05) is 0 Å². The molecule has 1 N–H and O–H groups in total. The van der Waals surface area contributed by atoms with Gasteiger partial charge in [-0.2, -0.15) is 12.6 Å². The molecule has 98 valence electrons. The number of nitrogens with one attached hydrogen (secondary N) is 1. The van der Waals surface area contributed by atoms with E-state index >= 15 is 0 Å². The molecule has 0 spiro atoms. The number of carbonyl (C=O) groups excluding carboxylic acids is 1. The summed E-state index contributed by atoms with van der Waals surface area (Å²) in [6.07, 6.45) is 0.269. The van der Waals surface area contributed by atoms with Crippen molar-refractivity contribution >= 4 is 24.4 Å². The number of hydrogen-bond acceptors (Lipinski definition) is 5. The summed E-state index contributed by atoms with van der Waals surface area (Å²) in [7, 11) is 0. The van der Waals surface area contributed by atoms with E-state index in [-0.39, 0.29) is 12.3 Å². The summed E-state index contributed by atoms with van der Waals surface area (Å²) in [4.78, 5) is 21.2. The molecular weight excluding hydrogens is 256 g/mol. The van der Waals surface area contributed by atoms with Crippen LogP contribution in [-0.2, 0) is 11.3 Å². The van der Waals surface area contributed by atoms with Crippen molar-refractivity contribution in [1.29, 1.82) is 0 Å². The first-order valence-electron chi connectivity index (χ1n) is 5.38. The largest absolute Gasteiger partial charge is 0.445 e. The number of thiol groups is 1. The van der Waals surface area contributed by atoms with Gasteiger partial charge in [0, 0.05) is 18.7 Å². The van der Waals surface area contributed by atoms with E-state index in [0.29, 0.717) is 17.9 Å². The van der Waals surface area contributed by atoms with Crippen molar-refractivity contribution < 1.29 is 14.5 Å². The first kappa shape index (κ1) is 14.3. The first-order valence-corrected chi connectivity index (χ1v) is 6.01. The van der Waals surface area contributed by atoms with Gasteiger partial charge in [0.25, 0.3) is 5.69 Å². The van der Waals surface area contributed by atoms with Crippen molar-refractivity contribution in [1.82, 2.24) is 5.32 Å². The van der Waals surface area contributed by atoms with Crippen molar-refractivity contribution in [2.45, 2.75) is 13.0 Å². The zero-order valence-electron chi connectivity index (χ0n) is 9.67. The maximum absolute atomic E-state index is 11.2. The van der Waals surface area contributed by atoms with Gasteiger partial charge in [0.1, 0.15) is 6.61 Å². The number of ether oxygens (including phenoxy) is 1. The lowest BCUT2D eigenvalue weighted by Crippen LogP contribution is -2.25. The Balaban J connectivity index is 2.34. The highest BCUT2D eigenvalue weighted by Gasteiger charge is 2.05. The molecule has 0 radical (unpaired) electrons. The Morgan fingerprint density at radius 2 is 2.06 bits per heavy atom. The van der Waals surface area contributed by atoms with E-state index in [4.69, 9.17) is 4.74 Å². The van der Waals surface area contributed by atoms with Gasteiger partial charge in [0.05, 0.1) is 4.92 Å². The van der Waals surface area contributed by atoms with Crippen LogP contribution in [0.15, 0.2) is 24.3 Å². The minimum Gasteiger partial charge on any atom is -0.445 e. The molecule has 0 heterocycles. The molecule has 0 bridgehead atoms. The molecule has 18 heavy (non-hydrogen) atoms. The predicted molar refractivity (Wildman–Crippen MR) is 69.8 cm³/mol. The average Bonchev–Trinajstić information content (AvgIpc) is 2.37. The maximum atomic E-state index is 11.2. The molecule has 0 aliphatic rings. The number of nitrogens with zero attached hydrogens (tertiary/aromatic N) is 1. The number of alkyl carbamates (subject to hydrolysis) is 1. The van der Waals surface area contributed by atoms with Crippen LogP contribution >= 0.6 is 12.6 Å². The van der Waals surface area contributed by atoms with Crippen molar-refractivity contribution in [3.63, 3.8) is 0 Å². The van der Waals surface area contributed by atoms with Gasteiger partial charge in [-0.05, 0) is 29.9 Å². The molecule has 0 unspecified atom stereocenters. The third kappa shape index (κ3) is 5.05. The Bertz CT molecular complexity index is 408. The van der Waals surface area contributed by atoms with E-state index in [9.17, 15) is 14.9 Å². The Labute approximate surface area is 110 Å². The number of nitro benzene ring substituents is 1.